The minimum atomic E-state index is 0.377. The highest BCUT2D eigenvalue weighted by atomic mass is 15.2. The van der Waals surface area contributed by atoms with Crippen molar-refractivity contribution in [2.45, 2.75) is 66.0 Å². The van der Waals surface area contributed by atoms with Crippen LogP contribution in [0.4, 0.5) is 0 Å². The SMILES string of the molecule is CCC(C)C1CNC(C(C)(C)C)CN1CC1CC1. The van der Waals surface area contributed by atoms with Gasteiger partial charge >= 0.3 is 0 Å². The summed E-state index contributed by atoms with van der Waals surface area (Å²) in [6.45, 7) is 15.6. The molecule has 1 heterocycles. The highest BCUT2D eigenvalue weighted by Gasteiger charge is 2.37. The van der Waals surface area contributed by atoms with E-state index in [1.165, 1.54) is 38.9 Å². The summed E-state index contributed by atoms with van der Waals surface area (Å²) in [6.07, 6.45) is 4.24. The first kappa shape index (κ1) is 14.3. The van der Waals surface area contributed by atoms with Gasteiger partial charge in [0.15, 0.2) is 0 Å². The lowest BCUT2D eigenvalue weighted by molar-refractivity contribution is 0.0547. The largest absolute Gasteiger partial charge is 0.311 e. The minimum absolute atomic E-state index is 0.377. The highest BCUT2D eigenvalue weighted by molar-refractivity contribution is 4.95. The first-order valence-corrected chi connectivity index (χ1v) is 7.89. The van der Waals surface area contributed by atoms with Crippen molar-refractivity contribution >= 4 is 0 Å². The third-order valence-electron chi connectivity index (χ3n) is 5.00. The van der Waals surface area contributed by atoms with Crippen molar-refractivity contribution in [2.24, 2.45) is 17.3 Å². The van der Waals surface area contributed by atoms with E-state index in [0.29, 0.717) is 11.5 Å². The van der Waals surface area contributed by atoms with Gasteiger partial charge in [0.05, 0.1) is 0 Å². The molecular formula is C16H32N2. The molecule has 18 heavy (non-hydrogen) atoms. The number of piperazine rings is 1. The fraction of sp³-hybridized carbons (Fsp3) is 1.00. The summed E-state index contributed by atoms with van der Waals surface area (Å²) in [5.41, 5.74) is 0.377. The van der Waals surface area contributed by atoms with E-state index in [1.54, 1.807) is 0 Å². The van der Waals surface area contributed by atoms with Gasteiger partial charge in [-0.25, -0.2) is 0 Å². The molecule has 106 valence electrons. The van der Waals surface area contributed by atoms with Gasteiger partial charge in [-0.1, -0.05) is 41.0 Å². The lowest BCUT2D eigenvalue weighted by atomic mass is 9.83. The molecule has 2 fully saturated rings. The second-order valence-electron chi connectivity index (χ2n) is 7.68. The van der Waals surface area contributed by atoms with Crippen LogP contribution >= 0.6 is 0 Å². The van der Waals surface area contributed by atoms with Gasteiger partial charge in [-0.3, -0.25) is 4.90 Å². The average molecular weight is 252 g/mol. The Kier molecular flexibility index (Phi) is 4.38. The van der Waals surface area contributed by atoms with Gasteiger partial charge < -0.3 is 5.32 Å². The summed E-state index contributed by atoms with van der Waals surface area (Å²) >= 11 is 0. The van der Waals surface area contributed by atoms with E-state index in [-0.39, 0.29) is 0 Å². The van der Waals surface area contributed by atoms with Gasteiger partial charge in [-0.05, 0) is 30.1 Å². The van der Waals surface area contributed by atoms with E-state index in [2.05, 4.69) is 44.8 Å². The van der Waals surface area contributed by atoms with Crippen molar-refractivity contribution in [3.63, 3.8) is 0 Å². The molecule has 0 aromatic carbocycles. The second kappa shape index (κ2) is 5.50. The fourth-order valence-corrected chi connectivity index (χ4v) is 3.08. The molecular weight excluding hydrogens is 220 g/mol. The maximum Gasteiger partial charge on any atom is 0.0247 e. The van der Waals surface area contributed by atoms with Crippen molar-refractivity contribution in [3.8, 4) is 0 Å². The van der Waals surface area contributed by atoms with Crippen molar-refractivity contribution < 1.29 is 0 Å². The van der Waals surface area contributed by atoms with E-state index in [9.17, 15) is 0 Å². The quantitative estimate of drug-likeness (QED) is 0.827. The van der Waals surface area contributed by atoms with Crippen LogP contribution in [0, 0.1) is 17.3 Å². The summed E-state index contributed by atoms with van der Waals surface area (Å²) in [5, 5.41) is 3.81. The Hall–Kier alpha value is -0.0800. The molecule has 1 saturated carbocycles. The number of rotatable bonds is 4. The molecule has 0 aromatic rings. The van der Waals surface area contributed by atoms with Crippen LogP contribution in [-0.4, -0.2) is 36.6 Å². The maximum absolute atomic E-state index is 3.81. The highest BCUT2D eigenvalue weighted by Crippen LogP contribution is 2.33. The fourth-order valence-electron chi connectivity index (χ4n) is 3.08. The molecule has 2 rings (SSSR count). The normalized spacial score (nSPS) is 32.5. The molecule has 3 unspecified atom stereocenters. The Labute approximate surface area is 114 Å². The smallest absolute Gasteiger partial charge is 0.0247 e. The van der Waals surface area contributed by atoms with E-state index in [4.69, 9.17) is 0 Å². The molecule has 0 radical (unpaired) electrons. The molecule has 2 aliphatic rings. The van der Waals surface area contributed by atoms with Crippen LogP contribution in [-0.2, 0) is 0 Å². The lowest BCUT2D eigenvalue weighted by Gasteiger charge is -2.47. The zero-order valence-corrected chi connectivity index (χ0v) is 13.0. The monoisotopic (exact) mass is 252 g/mol. The van der Waals surface area contributed by atoms with Crippen molar-refractivity contribution in [1.82, 2.24) is 10.2 Å². The van der Waals surface area contributed by atoms with Crippen LogP contribution in [0.5, 0.6) is 0 Å². The molecule has 3 atom stereocenters. The molecule has 0 aromatic heterocycles. The molecule has 2 nitrogen and oxygen atoms in total. The van der Waals surface area contributed by atoms with Crippen LogP contribution in [0.1, 0.15) is 53.9 Å². The summed E-state index contributed by atoms with van der Waals surface area (Å²) in [5.74, 6) is 1.83. The van der Waals surface area contributed by atoms with E-state index < -0.39 is 0 Å². The first-order valence-electron chi connectivity index (χ1n) is 7.89. The molecule has 1 N–H and O–H groups in total. The van der Waals surface area contributed by atoms with Crippen molar-refractivity contribution in [1.29, 1.82) is 0 Å². The third-order valence-corrected chi connectivity index (χ3v) is 5.00. The Bertz CT molecular complexity index is 265. The zero-order valence-electron chi connectivity index (χ0n) is 13.0. The Morgan fingerprint density at radius 3 is 2.44 bits per heavy atom. The van der Waals surface area contributed by atoms with Crippen LogP contribution in [0.2, 0.25) is 0 Å². The van der Waals surface area contributed by atoms with Gasteiger partial charge in [-0.2, -0.15) is 0 Å². The summed E-state index contributed by atoms with van der Waals surface area (Å²) in [4.78, 5) is 2.80. The van der Waals surface area contributed by atoms with Crippen LogP contribution < -0.4 is 5.32 Å². The second-order valence-corrected chi connectivity index (χ2v) is 7.68. The van der Waals surface area contributed by atoms with Gasteiger partial charge in [0.1, 0.15) is 0 Å². The van der Waals surface area contributed by atoms with Gasteiger partial charge in [-0.15, -0.1) is 0 Å². The standard InChI is InChI=1S/C16H32N2/c1-6-12(2)14-9-17-15(16(3,4)5)11-18(14)10-13-7-8-13/h12-15,17H,6-11H2,1-5H3. The Morgan fingerprint density at radius 1 is 1.28 bits per heavy atom. The van der Waals surface area contributed by atoms with E-state index in [0.717, 1.165) is 17.9 Å². The topological polar surface area (TPSA) is 15.3 Å². The predicted octanol–water partition coefficient (Wildman–Crippen LogP) is 3.13. The number of hydrogen-bond donors (Lipinski definition) is 1. The van der Waals surface area contributed by atoms with Crippen molar-refractivity contribution in [2.75, 3.05) is 19.6 Å². The van der Waals surface area contributed by atoms with Crippen molar-refractivity contribution in [3.05, 3.63) is 0 Å². The van der Waals surface area contributed by atoms with E-state index in [1.807, 2.05) is 0 Å². The summed E-state index contributed by atoms with van der Waals surface area (Å²) in [7, 11) is 0. The van der Waals surface area contributed by atoms with Gasteiger partial charge in [0.25, 0.3) is 0 Å². The molecule has 1 saturated heterocycles. The van der Waals surface area contributed by atoms with Gasteiger partial charge in [0, 0.05) is 31.7 Å². The van der Waals surface area contributed by atoms with Crippen LogP contribution in [0.15, 0.2) is 0 Å². The molecule has 0 amide bonds. The lowest BCUT2D eigenvalue weighted by Crippen LogP contribution is -2.62. The Balaban J connectivity index is 2.00. The number of hydrogen-bond acceptors (Lipinski definition) is 2. The molecule has 1 aliphatic heterocycles. The molecule has 0 bridgehead atoms. The molecule has 0 spiro atoms. The average Bonchev–Trinajstić information content (AvgIpc) is 3.10. The molecule has 1 aliphatic carbocycles. The minimum Gasteiger partial charge on any atom is -0.311 e. The predicted molar refractivity (Wildman–Crippen MR) is 78.8 cm³/mol. The van der Waals surface area contributed by atoms with Crippen LogP contribution in [0.3, 0.4) is 0 Å². The van der Waals surface area contributed by atoms with E-state index >= 15 is 0 Å². The van der Waals surface area contributed by atoms with Crippen LogP contribution in [0.25, 0.3) is 0 Å². The molecule has 2 heteroatoms. The number of nitrogens with zero attached hydrogens (tertiary/aromatic N) is 1. The third kappa shape index (κ3) is 3.48. The first-order chi connectivity index (χ1) is 8.41. The van der Waals surface area contributed by atoms with Gasteiger partial charge in [0.2, 0.25) is 0 Å². The number of nitrogens with one attached hydrogen (secondary N) is 1. The summed E-state index contributed by atoms with van der Waals surface area (Å²) in [6, 6.07) is 1.41. The Morgan fingerprint density at radius 2 is 1.94 bits per heavy atom. The summed E-state index contributed by atoms with van der Waals surface area (Å²) < 4.78 is 0. The zero-order chi connectivity index (χ0) is 13.3. The maximum atomic E-state index is 3.81.